The van der Waals surface area contributed by atoms with Crippen molar-refractivity contribution in [1.82, 2.24) is 8.80 Å². The fourth-order valence-corrected chi connectivity index (χ4v) is 19.7. The number of para-hydroxylation sites is 5. The smallest absolute Gasteiger partial charge is 0.255 e. The molecule has 7 aromatic carbocycles. The van der Waals surface area contributed by atoms with Crippen LogP contribution < -0.4 is 4.90 Å². The number of hydrogen-bond donors (Lipinski definition) is 0. The third kappa shape index (κ3) is 5.50. The Morgan fingerprint density at radius 3 is 1.46 bits per heavy atom. The lowest BCUT2D eigenvalue weighted by Gasteiger charge is -2.31. The Morgan fingerprint density at radius 1 is 0.407 bits per heavy atom. The van der Waals surface area contributed by atoms with Gasteiger partial charge in [0.25, 0.3) is 25.2 Å². The zero-order valence-electron chi connectivity index (χ0n) is 31.7. The molecule has 4 aromatic heterocycles. The predicted octanol–water partition coefficient (Wildman–Crippen LogP) is 19.5. The van der Waals surface area contributed by atoms with E-state index in [1.54, 1.807) is 0 Å². The Hall–Kier alpha value is -3.98. The minimum absolute atomic E-state index is 0.493. The first-order valence-corrected chi connectivity index (χ1v) is 29.5. The van der Waals surface area contributed by atoms with Crippen molar-refractivity contribution in [2.45, 2.75) is 38.0 Å². The maximum Gasteiger partial charge on any atom is 0.255 e. The van der Waals surface area contributed by atoms with E-state index in [1.807, 2.05) is 0 Å². The summed E-state index contributed by atoms with van der Waals surface area (Å²) in [5.74, 6) is 0.493. The van der Waals surface area contributed by atoms with Crippen molar-refractivity contribution < 1.29 is 0 Å². The van der Waals surface area contributed by atoms with Crippen LogP contribution >= 0.6 is 72.5 Å². The Kier molecular flexibility index (Phi) is 8.93. The zero-order valence-corrected chi connectivity index (χ0v) is 38.6. The standard InChI is InChI=1S/C48H35N3P4S4/c56-52-39-20-9-8-19-37(39)51-38-27-31(25-26-42(38)53(57)44-24-12-23-43(52)47(44)51)49(34-16-5-4-15-33(34)30-13-2-1-3-14-30)32-28-45-48-46(29-32)55(59)41-22-11-7-18-36(41)50(48)35-17-6-10-21-40(35)54(45)58/h4-12,15-30H,1-3,13-14H2/q+4. The second kappa shape index (κ2) is 14.3. The molecule has 0 spiro atoms. The SMILES string of the molecule is S=[p+]1c2ccccc2n2c3cc(N(c4cc5c6c(c4)[p+](=S)c4ccccc4n6c4ccccc4[p+]5=S)c4ccccc4C4CCCCC4)ccc3[p+](=S)c3cccc1c32. The normalized spacial score (nSPS) is 15.2. The molecular formula is C48H35N3P4S4+4. The third-order valence-electron chi connectivity index (χ3n) is 12.6. The van der Waals surface area contributed by atoms with Gasteiger partial charge in [-0.05, 0) is 97.1 Å². The second-order valence-electron chi connectivity index (χ2n) is 15.7. The maximum absolute atomic E-state index is 6.62. The van der Waals surface area contributed by atoms with Crippen LogP contribution in [0.4, 0.5) is 17.1 Å². The Balaban J connectivity index is 1.24. The van der Waals surface area contributed by atoms with Gasteiger partial charge in [0.1, 0.15) is 5.52 Å². The molecule has 1 aliphatic rings. The van der Waals surface area contributed by atoms with Crippen molar-refractivity contribution in [3.63, 3.8) is 0 Å². The van der Waals surface area contributed by atoms with Gasteiger partial charge >= 0.3 is 0 Å². The molecule has 12 rings (SSSR count). The van der Waals surface area contributed by atoms with Gasteiger partial charge in [-0.2, -0.15) is 0 Å². The topological polar surface area (TPSA) is 12.1 Å². The molecule has 11 heteroatoms. The first-order chi connectivity index (χ1) is 29.0. The first-order valence-electron chi connectivity index (χ1n) is 20.1. The molecule has 0 amide bonds. The van der Waals surface area contributed by atoms with Crippen LogP contribution in [0.2, 0.25) is 0 Å². The summed E-state index contributed by atoms with van der Waals surface area (Å²) in [5.41, 5.74) is 11.9. The van der Waals surface area contributed by atoms with Gasteiger partial charge in [-0.15, -0.1) is 0 Å². The fraction of sp³-hybridized carbons (Fsp3) is 0.125. The van der Waals surface area contributed by atoms with Gasteiger partial charge in [0.15, 0.2) is 99.2 Å². The molecule has 3 nitrogen and oxygen atoms in total. The number of nitrogens with zero attached hydrogens (tertiary/aromatic N) is 3. The van der Waals surface area contributed by atoms with E-state index in [0.717, 1.165) is 16.9 Å². The zero-order chi connectivity index (χ0) is 39.5. The fourth-order valence-electron chi connectivity index (χ4n) is 9.95. The number of rotatable bonds is 4. The van der Waals surface area contributed by atoms with Gasteiger partial charge in [-0.1, -0.05) is 79.9 Å². The van der Waals surface area contributed by atoms with E-state index in [-0.39, 0.29) is 0 Å². The summed E-state index contributed by atoms with van der Waals surface area (Å²) in [5, 5.41) is 9.77. The number of anilines is 3. The van der Waals surface area contributed by atoms with Crippen molar-refractivity contribution in [3.05, 3.63) is 151 Å². The second-order valence-corrected chi connectivity index (χ2v) is 26.3. The van der Waals surface area contributed by atoms with E-state index >= 15 is 0 Å². The number of fused-ring (bicyclic) bond motifs is 8. The van der Waals surface area contributed by atoms with E-state index in [0.29, 0.717) is 5.92 Å². The largest absolute Gasteiger partial charge is 0.310 e. The Bertz CT molecular complexity index is 3730. The molecule has 0 aliphatic heterocycles. The lowest BCUT2D eigenvalue weighted by molar-refractivity contribution is 0.444. The van der Waals surface area contributed by atoms with Crippen LogP contribution in [0.1, 0.15) is 43.6 Å². The lowest BCUT2D eigenvalue weighted by atomic mass is 9.83. The molecule has 4 unspecified atom stereocenters. The summed E-state index contributed by atoms with van der Waals surface area (Å²) < 4.78 is 4.94. The molecule has 59 heavy (non-hydrogen) atoms. The van der Waals surface area contributed by atoms with Crippen molar-refractivity contribution in [1.29, 1.82) is 0 Å². The van der Waals surface area contributed by atoms with E-state index in [2.05, 4.69) is 159 Å². The van der Waals surface area contributed by atoms with Crippen molar-refractivity contribution in [2.75, 3.05) is 4.90 Å². The first kappa shape index (κ1) is 36.8. The van der Waals surface area contributed by atoms with E-state index in [4.69, 9.17) is 47.2 Å². The van der Waals surface area contributed by atoms with Gasteiger partial charge in [-0.3, -0.25) is 8.80 Å². The summed E-state index contributed by atoms with van der Waals surface area (Å²) >= 11 is 26.1. The summed E-state index contributed by atoms with van der Waals surface area (Å²) in [4.78, 5) is 2.53. The quantitative estimate of drug-likeness (QED) is 0.128. The molecule has 0 bridgehead atoms. The monoisotopic (exact) mass is 905 g/mol. The van der Waals surface area contributed by atoms with E-state index in [9.17, 15) is 0 Å². The molecule has 282 valence electrons. The van der Waals surface area contributed by atoms with Crippen LogP contribution in [0.5, 0.6) is 0 Å². The summed E-state index contributed by atoms with van der Waals surface area (Å²) in [6.07, 6.45) is 2.15. The number of hydrogen-bond acceptors (Lipinski definition) is 5. The summed E-state index contributed by atoms with van der Waals surface area (Å²) in [7, 11) is 0. The molecule has 0 saturated heterocycles. The Morgan fingerprint density at radius 2 is 0.864 bits per heavy atom. The average Bonchev–Trinajstić information content (AvgIpc) is 3.29. The van der Waals surface area contributed by atoms with Gasteiger partial charge in [-0.25, -0.2) is 0 Å². The molecule has 0 N–H and O–H groups in total. The van der Waals surface area contributed by atoms with Crippen molar-refractivity contribution in [3.8, 4) is 0 Å². The van der Waals surface area contributed by atoms with Gasteiger partial charge in [0, 0.05) is 23.5 Å². The van der Waals surface area contributed by atoms with E-state index in [1.165, 1.54) is 112 Å². The minimum Gasteiger partial charge on any atom is -0.310 e. The highest BCUT2D eigenvalue weighted by atomic mass is 32.4. The summed E-state index contributed by atoms with van der Waals surface area (Å²) in [6.45, 7) is 0. The molecule has 4 atom stereocenters. The molecule has 11 aromatic rings. The number of aromatic nitrogens is 2. The third-order valence-corrected chi connectivity index (χ3v) is 23.7. The Labute approximate surface area is 363 Å². The number of benzene rings is 7. The highest BCUT2D eigenvalue weighted by Crippen LogP contribution is 2.53. The van der Waals surface area contributed by atoms with Crippen molar-refractivity contribution >= 4 is 164 Å². The molecule has 1 fully saturated rings. The predicted molar refractivity (Wildman–Crippen MR) is 274 cm³/mol. The van der Waals surface area contributed by atoms with Gasteiger partial charge in [0.05, 0.1) is 22.2 Å². The molecule has 1 saturated carbocycles. The van der Waals surface area contributed by atoms with Crippen LogP contribution in [0, 0.1) is 0 Å². The summed E-state index contributed by atoms with van der Waals surface area (Å²) in [6, 6.07) is 53.9. The van der Waals surface area contributed by atoms with Crippen LogP contribution in [-0.2, 0) is 0 Å². The maximum atomic E-state index is 6.62. The van der Waals surface area contributed by atoms with Crippen LogP contribution in [0.25, 0.3) is 74.0 Å². The van der Waals surface area contributed by atoms with Crippen LogP contribution in [0.15, 0.2) is 146 Å². The van der Waals surface area contributed by atoms with Crippen molar-refractivity contribution in [2.24, 2.45) is 0 Å². The highest BCUT2D eigenvalue weighted by molar-refractivity contribution is 8.18. The van der Waals surface area contributed by atoms with Crippen LogP contribution in [-0.4, -0.2) is 8.80 Å². The molecule has 1 aliphatic carbocycles. The van der Waals surface area contributed by atoms with E-state index < -0.39 is 25.2 Å². The van der Waals surface area contributed by atoms with Gasteiger partial charge in [0.2, 0.25) is 0 Å². The van der Waals surface area contributed by atoms with Crippen LogP contribution in [0.3, 0.4) is 0 Å². The molecule has 0 radical (unpaired) electrons. The average molecular weight is 906 g/mol. The highest BCUT2D eigenvalue weighted by Gasteiger charge is 2.31. The lowest BCUT2D eigenvalue weighted by Crippen LogP contribution is -2.15. The molecule has 4 heterocycles. The minimum atomic E-state index is -1.08. The molecular weight excluding hydrogens is 871 g/mol. The van der Waals surface area contributed by atoms with Gasteiger partial charge < -0.3 is 4.90 Å².